The number of carbonyl (C=O) groups excluding carboxylic acids is 2. The Morgan fingerprint density at radius 3 is 2.52 bits per heavy atom. The Kier molecular flexibility index (Phi) is 5.13. The Balaban J connectivity index is 2.26. The predicted octanol–water partition coefficient (Wildman–Crippen LogP) is 3.15. The molecule has 29 heavy (non-hydrogen) atoms. The third-order valence-electron chi connectivity index (χ3n) is 4.79. The summed E-state index contributed by atoms with van der Waals surface area (Å²) in [4.78, 5) is 35.9. The second-order valence-corrected chi connectivity index (χ2v) is 7.34. The van der Waals surface area contributed by atoms with Gasteiger partial charge in [0.15, 0.2) is 23.5 Å². The maximum atomic E-state index is 12.5. The van der Waals surface area contributed by atoms with E-state index in [9.17, 15) is 19.5 Å². The highest BCUT2D eigenvalue weighted by Gasteiger charge is 2.50. The summed E-state index contributed by atoms with van der Waals surface area (Å²) in [5, 5.41) is 11.3. The van der Waals surface area contributed by atoms with E-state index in [4.69, 9.17) is 18.6 Å². The van der Waals surface area contributed by atoms with E-state index in [1.54, 1.807) is 39.8 Å². The fourth-order valence-electron chi connectivity index (χ4n) is 3.23. The zero-order valence-electron chi connectivity index (χ0n) is 16.8. The molecule has 1 aromatic carbocycles. The summed E-state index contributed by atoms with van der Waals surface area (Å²) in [6.07, 6.45) is -0.664. The molecule has 1 aliphatic heterocycles. The van der Waals surface area contributed by atoms with Gasteiger partial charge in [-0.05, 0) is 39.8 Å². The quantitative estimate of drug-likeness (QED) is 0.473. The van der Waals surface area contributed by atoms with E-state index in [2.05, 4.69) is 0 Å². The molecule has 8 nitrogen and oxygen atoms in total. The Morgan fingerprint density at radius 1 is 1.21 bits per heavy atom. The van der Waals surface area contributed by atoms with Crippen molar-refractivity contribution in [3.8, 4) is 11.5 Å². The fraction of sp³-hybridized carbons (Fsp3) is 0.381. The minimum absolute atomic E-state index is 0.0645. The van der Waals surface area contributed by atoms with Gasteiger partial charge in [-0.2, -0.15) is 0 Å². The molecular formula is C21H22O8. The van der Waals surface area contributed by atoms with Crippen LogP contribution < -0.4 is 10.4 Å². The molecule has 0 saturated heterocycles. The van der Waals surface area contributed by atoms with Crippen LogP contribution in [0.2, 0.25) is 0 Å². The fourth-order valence-corrected chi connectivity index (χ4v) is 3.23. The number of benzene rings is 1. The highest BCUT2D eigenvalue weighted by Crippen LogP contribution is 2.49. The Hall–Kier alpha value is -3.29. The van der Waals surface area contributed by atoms with E-state index in [0.717, 1.165) is 0 Å². The van der Waals surface area contributed by atoms with E-state index in [0.29, 0.717) is 11.0 Å². The largest absolute Gasteiger partial charge is 0.504 e. The van der Waals surface area contributed by atoms with E-state index in [1.165, 1.54) is 19.1 Å². The Labute approximate surface area is 166 Å². The number of aromatic hydroxyl groups is 1. The van der Waals surface area contributed by atoms with Crippen molar-refractivity contribution in [1.29, 1.82) is 0 Å². The number of esters is 2. The third-order valence-corrected chi connectivity index (χ3v) is 4.79. The monoisotopic (exact) mass is 402 g/mol. The first-order valence-corrected chi connectivity index (χ1v) is 9.05. The lowest BCUT2D eigenvalue weighted by atomic mass is 9.87. The number of rotatable bonds is 3. The topological polar surface area (TPSA) is 112 Å². The van der Waals surface area contributed by atoms with Crippen molar-refractivity contribution in [3.05, 3.63) is 45.8 Å². The van der Waals surface area contributed by atoms with Crippen LogP contribution in [-0.4, -0.2) is 28.8 Å². The molecule has 0 radical (unpaired) electrons. The first-order chi connectivity index (χ1) is 13.5. The van der Waals surface area contributed by atoms with E-state index < -0.39 is 41.1 Å². The van der Waals surface area contributed by atoms with E-state index in [-0.39, 0.29) is 16.9 Å². The molecule has 0 saturated carbocycles. The molecule has 1 aliphatic rings. The van der Waals surface area contributed by atoms with Crippen LogP contribution in [0.3, 0.4) is 0 Å². The third kappa shape index (κ3) is 3.70. The van der Waals surface area contributed by atoms with E-state index in [1.807, 2.05) is 0 Å². The van der Waals surface area contributed by atoms with Gasteiger partial charge in [0.2, 0.25) is 0 Å². The predicted molar refractivity (Wildman–Crippen MR) is 103 cm³/mol. The van der Waals surface area contributed by atoms with Gasteiger partial charge >= 0.3 is 17.6 Å². The van der Waals surface area contributed by atoms with Crippen molar-refractivity contribution < 1.29 is 33.3 Å². The lowest BCUT2D eigenvalue weighted by Crippen LogP contribution is -2.52. The van der Waals surface area contributed by atoms with Gasteiger partial charge in [0.1, 0.15) is 11.4 Å². The standard InChI is InChI=1S/C21H22O8/c1-6-10(2)20(25)28-18-15-13(29-21(4,5)19(18)26-11(3)22)9-12-7-8-14(23)27-17(12)16(15)24/h6-9,18-19,24H,1-5H3/b10-6-. The highest BCUT2D eigenvalue weighted by atomic mass is 16.6. The van der Waals surface area contributed by atoms with E-state index >= 15 is 0 Å². The SMILES string of the molecule is C/C=C(/C)C(=O)OC1c2c(cc3ccc(=O)oc3c2O)OC(C)(C)C1OC(C)=O. The molecular weight excluding hydrogens is 380 g/mol. The van der Waals surface area contributed by atoms with Crippen LogP contribution in [0.25, 0.3) is 11.0 Å². The van der Waals surface area contributed by atoms with Gasteiger partial charge in [-0.3, -0.25) is 4.79 Å². The average molecular weight is 402 g/mol. The maximum Gasteiger partial charge on any atom is 0.336 e. The van der Waals surface area contributed by atoms with Crippen molar-refractivity contribution in [1.82, 2.24) is 0 Å². The molecule has 0 amide bonds. The minimum Gasteiger partial charge on any atom is -0.504 e. The molecule has 3 rings (SSSR count). The van der Waals surface area contributed by atoms with Crippen LogP contribution in [0.4, 0.5) is 0 Å². The van der Waals surface area contributed by atoms with Gasteiger partial charge in [-0.1, -0.05) is 6.08 Å². The number of fused-ring (bicyclic) bond motifs is 2. The van der Waals surface area contributed by atoms with Gasteiger partial charge in [0.25, 0.3) is 0 Å². The summed E-state index contributed by atoms with van der Waals surface area (Å²) in [5.74, 6) is -1.44. The molecule has 1 aromatic heterocycles. The number of carbonyl (C=O) groups is 2. The van der Waals surface area contributed by atoms with Crippen LogP contribution in [0.15, 0.2) is 39.1 Å². The highest BCUT2D eigenvalue weighted by molar-refractivity contribution is 5.89. The zero-order chi connectivity index (χ0) is 21.5. The van der Waals surface area contributed by atoms with Crippen LogP contribution in [0.5, 0.6) is 11.5 Å². The second-order valence-electron chi connectivity index (χ2n) is 7.34. The molecule has 2 atom stereocenters. The van der Waals surface area contributed by atoms with Crippen molar-refractivity contribution in [2.24, 2.45) is 0 Å². The molecule has 154 valence electrons. The Bertz CT molecular complexity index is 1080. The van der Waals surface area contributed by atoms with Gasteiger partial charge in [-0.15, -0.1) is 0 Å². The number of ether oxygens (including phenoxy) is 3. The van der Waals surface area contributed by atoms with Gasteiger partial charge in [0, 0.05) is 23.9 Å². The van der Waals surface area contributed by atoms with Crippen LogP contribution in [-0.2, 0) is 19.1 Å². The summed E-state index contributed by atoms with van der Waals surface area (Å²) in [5.41, 5.74) is -1.41. The molecule has 1 N–H and O–H groups in total. The number of phenolic OH excluding ortho intramolecular Hbond substituents is 1. The molecule has 0 spiro atoms. The number of hydrogen-bond acceptors (Lipinski definition) is 8. The van der Waals surface area contributed by atoms with Gasteiger partial charge in [-0.25, -0.2) is 9.59 Å². The molecule has 2 aromatic rings. The Morgan fingerprint density at radius 2 is 1.90 bits per heavy atom. The average Bonchev–Trinajstić information content (AvgIpc) is 2.63. The maximum absolute atomic E-state index is 12.5. The van der Waals surface area contributed by atoms with Crippen molar-refractivity contribution in [3.63, 3.8) is 0 Å². The lowest BCUT2D eigenvalue weighted by molar-refractivity contribution is -0.187. The molecule has 8 heteroatoms. The summed E-state index contributed by atoms with van der Waals surface area (Å²) in [6.45, 7) is 7.84. The van der Waals surface area contributed by atoms with Crippen LogP contribution in [0.1, 0.15) is 46.3 Å². The summed E-state index contributed by atoms with van der Waals surface area (Å²) in [7, 11) is 0. The normalized spacial score (nSPS) is 20.5. The summed E-state index contributed by atoms with van der Waals surface area (Å²) >= 11 is 0. The molecule has 0 fully saturated rings. The molecule has 2 unspecified atom stereocenters. The van der Waals surface area contributed by atoms with Crippen LogP contribution >= 0.6 is 0 Å². The number of allylic oxidation sites excluding steroid dienone is 1. The number of phenols is 1. The first-order valence-electron chi connectivity index (χ1n) is 9.05. The zero-order valence-corrected chi connectivity index (χ0v) is 16.8. The van der Waals surface area contributed by atoms with Crippen molar-refractivity contribution in [2.75, 3.05) is 0 Å². The summed E-state index contributed by atoms with van der Waals surface area (Å²) in [6, 6.07) is 4.28. The minimum atomic E-state index is -1.19. The van der Waals surface area contributed by atoms with Gasteiger partial charge < -0.3 is 23.7 Å². The van der Waals surface area contributed by atoms with Gasteiger partial charge in [0.05, 0.1) is 5.56 Å². The first kappa shape index (κ1) is 20.4. The molecule has 0 bridgehead atoms. The van der Waals surface area contributed by atoms with Crippen molar-refractivity contribution in [2.45, 2.75) is 52.4 Å². The molecule has 0 aliphatic carbocycles. The smallest absolute Gasteiger partial charge is 0.336 e. The lowest BCUT2D eigenvalue weighted by Gasteiger charge is -2.43. The summed E-state index contributed by atoms with van der Waals surface area (Å²) < 4.78 is 22.2. The van der Waals surface area contributed by atoms with Crippen LogP contribution in [0, 0.1) is 0 Å². The van der Waals surface area contributed by atoms with Crippen molar-refractivity contribution >= 4 is 22.9 Å². The second kappa shape index (κ2) is 7.27. The molecule has 2 heterocycles. The number of hydrogen-bond donors (Lipinski definition) is 1.